The van der Waals surface area contributed by atoms with Crippen LogP contribution in [-0.4, -0.2) is 38.7 Å². The van der Waals surface area contributed by atoms with E-state index in [4.69, 9.17) is 15.2 Å². The van der Waals surface area contributed by atoms with Crippen LogP contribution in [-0.2, 0) is 6.42 Å². The molecule has 0 radical (unpaired) electrons. The van der Waals surface area contributed by atoms with Gasteiger partial charge in [0.1, 0.15) is 0 Å². The first-order valence-electron chi connectivity index (χ1n) is 9.87. The van der Waals surface area contributed by atoms with Gasteiger partial charge in [-0.3, -0.25) is 9.78 Å². The fraction of sp³-hybridized carbons (Fsp3) is 0.304. The maximum absolute atomic E-state index is 11.9. The number of likely N-dealkylation sites (N-methyl/N-ethyl adjacent to an activating group) is 1. The van der Waals surface area contributed by atoms with Crippen LogP contribution in [0.5, 0.6) is 11.5 Å². The number of para-hydroxylation sites is 1. The molecule has 0 unspecified atom stereocenters. The summed E-state index contributed by atoms with van der Waals surface area (Å²) < 4.78 is 10.8. The van der Waals surface area contributed by atoms with E-state index in [2.05, 4.69) is 22.5 Å². The van der Waals surface area contributed by atoms with Crippen molar-refractivity contribution in [2.45, 2.75) is 19.4 Å². The maximum Gasteiger partial charge on any atom is 0.250 e. The van der Waals surface area contributed by atoms with Gasteiger partial charge in [-0.05, 0) is 42.8 Å². The van der Waals surface area contributed by atoms with Crippen molar-refractivity contribution in [1.82, 2.24) is 10.3 Å². The lowest BCUT2D eigenvalue weighted by molar-refractivity contribution is 0.100. The summed E-state index contributed by atoms with van der Waals surface area (Å²) in [6, 6.07) is 11.3. The van der Waals surface area contributed by atoms with E-state index < -0.39 is 5.91 Å². The second kappa shape index (κ2) is 9.45. The van der Waals surface area contributed by atoms with E-state index in [1.165, 1.54) is 0 Å². The second-order valence-electron chi connectivity index (χ2n) is 6.95. The number of fused-ring (bicyclic) bond motifs is 1. The van der Waals surface area contributed by atoms with Crippen LogP contribution in [0.4, 0.5) is 5.69 Å². The van der Waals surface area contributed by atoms with Crippen LogP contribution in [0.3, 0.4) is 0 Å². The van der Waals surface area contributed by atoms with Crippen molar-refractivity contribution < 1.29 is 14.3 Å². The van der Waals surface area contributed by atoms with Crippen molar-refractivity contribution in [3.63, 3.8) is 0 Å². The van der Waals surface area contributed by atoms with Crippen molar-refractivity contribution in [2.75, 3.05) is 33.1 Å². The minimum Gasteiger partial charge on any atom is -0.493 e. The largest absolute Gasteiger partial charge is 0.493 e. The van der Waals surface area contributed by atoms with Gasteiger partial charge in [0.25, 0.3) is 5.91 Å². The van der Waals surface area contributed by atoms with Gasteiger partial charge in [0.05, 0.1) is 31.3 Å². The Bertz CT molecular complexity index is 1050. The Morgan fingerprint density at radius 1 is 1.17 bits per heavy atom. The van der Waals surface area contributed by atoms with Crippen LogP contribution in [0.2, 0.25) is 0 Å². The number of nitrogens with one attached hydrogen (secondary N) is 2. The third-order valence-corrected chi connectivity index (χ3v) is 5.16. The van der Waals surface area contributed by atoms with E-state index >= 15 is 0 Å². The van der Waals surface area contributed by atoms with E-state index in [0.29, 0.717) is 29.1 Å². The zero-order chi connectivity index (χ0) is 21.7. The molecule has 1 atom stereocenters. The average Bonchev–Trinajstić information content (AvgIpc) is 2.77. The van der Waals surface area contributed by atoms with Gasteiger partial charge < -0.3 is 25.8 Å². The summed E-state index contributed by atoms with van der Waals surface area (Å²) in [5.74, 6) is 0.860. The van der Waals surface area contributed by atoms with E-state index in [1.54, 1.807) is 20.3 Å². The Balaban J connectivity index is 2.11. The molecule has 1 amide bonds. The molecule has 0 aliphatic heterocycles. The summed E-state index contributed by atoms with van der Waals surface area (Å²) in [6.45, 7) is 2.76. The summed E-state index contributed by atoms with van der Waals surface area (Å²) in [5, 5.41) is 7.77. The maximum atomic E-state index is 11.9. The highest BCUT2D eigenvalue weighted by molar-refractivity contribution is 6.08. The van der Waals surface area contributed by atoms with Gasteiger partial charge in [0.2, 0.25) is 0 Å². The number of amides is 1. The number of carbonyl (C=O) groups is 1. The number of benzene rings is 2. The molecule has 0 saturated carbocycles. The molecule has 1 aromatic heterocycles. The third-order valence-electron chi connectivity index (χ3n) is 5.16. The Hall–Kier alpha value is -3.32. The Morgan fingerprint density at radius 2 is 1.93 bits per heavy atom. The monoisotopic (exact) mass is 408 g/mol. The van der Waals surface area contributed by atoms with Gasteiger partial charge in [0, 0.05) is 23.8 Å². The lowest BCUT2D eigenvalue weighted by Crippen LogP contribution is -2.24. The molecule has 0 bridgehead atoms. The number of aromatic nitrogens is 1. The first-order valence-corrected chi connectivity index (χ1v) is 9.87. The van der Waals surface area contributed by atoms with Crippen LogP contribution < -0.4 is 25.8 Å². The van der Waals surface area contributed by atoms with Crippen LogP contribution in [0.15, 0.2) is 42.6 Å². The molecule has 0 spiro atoms. The number of hydrogen-bond donors (Lipinski definition) is 3. The smallest absolute Gasteiger partial charge is 0.250 e. The molecule has 7 nitrogen and oxygen atoms in total. The lowest BCUT2D eigenvalue weighted by Gasteiger charge is -2.24. The molecule has 0 saturated heterocycles. The molecule has 0 aliphatic carbocycles. The molecule has 0 aliphatic rings. The molecule has 4 N–H and O–H groups in total. The standard InChI is InChI=1S/C23H28N4O3/c1-5-14-12-26-22-16(7-6-8-17(22)23(24)28)21(14)27-18(13-25-2)15-9-10-19(29-3)20(11-15)30-4/h6-12,18,25H,5,13H2,1-4H3,(H2,24,28)(H,26,27)/t18-/m1/s1. The third kappa shape index (κ3) is 4.16. The number of methoxy groups -OCH3 is 2. The fourth-order valence-corrected chi connectivity index (χ4v) is 3.60. The van der Waals surface area contributed by atoms with Gasteiger partial charge in [-0.1, -0.05) is 25.1 Å². The quantitative estimate of drug-likeness (QED) is 0.503. The normalized spacial score (nSPS) is 11.9. The molecule has 1 heterocycles. The van der Waals surface area contributed by atoms with Crippen molar-refractivity contribution in [3.05, 3.63) is 59.3 Å². The van der Waals surface area contributed by atoms with E-state index in [0.717, 1.165) is 28.6 Å². The summed E-state index contributed by atoms with van der Waals surface area (Å²) in [6.07, 6.45) is 2.60. The number of anilines is 1. The molecule has 7 heteroatoms. The van der Waals surface area contributed by atoms with Gasteiger partial charge in [-0.2, -0.15) is 0 Å². The van der Waals surface area contributed by atoms with Crippen molar-refractivity contribution in [1.29, 1.82) is 0 Å². The minimum absolute atomic E-state index is 0.0528. The highest BCUT2D eigenvalue weighted by Crippen LogP contribution is 2.34. The van der Waals surface area contributed by atoms with Gasteiger partial charge >= 0.3 is 0 Å². The second-order valence-corrected chi connectivity index (χ2v) is 6.95. The first kappa shape index (κ1) is 21.4. The number of carbonyl (C=O) groups excluding carboxylic acids is 1. The molecular formula is C23H28N4O3. The number of nitrogens with zero attached hydrogens (tertiary/aromatic N) is 1. The van der Waals surface area contributed by atoms with E-state index in [9.17, 15) is 4.79 Å². The number of primary amides is 1. The number of aryl methyl sites for hydroxylation is 1. The van der Waals surface area contributed by atoms with Crippen molar-refractivity contribution in [3.8, 4) is 11.5 Å². The van der Waals surface area contributed by atoms with Gasteiger partial charge in [-0.25, -0.2) is 0 Å². The van der Waals surface area contributed by atoms with Crippen LogP contribution in [0.25, 0.3) is 10.9 Å². The zero-order valence-electron chi connectivity index (χ0n) is 17.8. The number of pyridine rings is 1. The summed E-state index contributed by atoms with van der Waals surface area (Å²) in [4.78, 5) is 16.4. The van der Waals surface area contributed by atoms with E-state index in [1.807, 2.05) is 43.6 Å². The van der Waals surface area contributed by atoms with E-state index in [-0.39, 0.29) is 6.04 Å². The molecule has 0 fully saturated rings. The SMILES string of the molecule is CCc1cnc2c(C(N)=O)cccc2c1N[C@H](CNC)c1ccc(OC)c(OC)c1. The Morgan fingerprint density at radius 3 is 2.57 bits per heavy atom. The van der Waals surface area contributed by atoms with Crippen molar-refractivity contribution >= 4 is 22.5 Å². The molecule has 158 valence electrons. The summed E-state index contributed by atoms with van der Waals surface area (Å²) in [7, 11) is 5.15. The molecule has 2 aromatic carbocycles. The lowest BCUT2D eigenvalue weighted by atomic mass is 10.0. The minimum atomic E-state index is -0.491. The highest BCUT2D eigenvalue weighted by atomic mass is 16.5. The molecular weight excluding hydrogens is 380 g/mol. The van der Waals surface area contributed by atoms with Crippen molar-refractivity contribution in [2.24, 2.45) is 5.73 Å². The first-order chi connectivity index (χ1) is 14.5. The van der Waals surface area contributed by atoms with Crippen LogP contribution in [0, 0.1) is 0 Å². The Kier molecular flexibility index (Phi) is 6.74. The van der Waals surface area contributed by atoms with Crippen LogP contribution in [0.1, 0.15) is 34.5 Å². The number of ether oxygens (including phenoxy) is 2. The number of rotatable bonds is 9. The average molecular weight is 409 g/mol. The number of hydrogen-bond acceptors (Lipinski definition) is 6. The number of nitrogens with two attached hydrogens (primary N) is 1. The Labute approximate surface area is 176 Å². The molecule has 3 aromatic rings. The molecule has 30 heavy (non-hydrogen) atoms. The fourth-order valence-electron chi connectivity index (χ4n) is 3.60. The summed E-state index contributed by atoms with van der Waals surface area (Å²) in [5.41, 5.74) is 9.62. The van der Waals surface area contributed by atoms with Gasteiger partial charge in [-0.15, -0.1) is 0 Å². The predicted molar refractivity (Wildman–Crippen MR) is 119 cm³/mol. The summed E-state index contributed by atoms with van der Waals surface area (Å²) >= 11 is 0. The van der Waals surface area contributed by atoms with Gasteiger partial charge in [0.15, 0.2) is 11.5 Å². The topological polar surface area (TPSA) is 98.5 Å². The molecule has 3 rings (SSSR count). The predicted octanol–water partition coefficient (Wildman–Crippen LogP) is 3.29. The zero-order valence-corrected chi connectivity index (χ0v) is 17.8. The highest BCUT2D eigenvalue weighted by Gasteiger charge is 2.19. The van der Waals surface area contributed by atoms with Crippen LogP contribution >= 0.6 is 0 Å².